The number of fused-ring (bicyclic) bond motifs is 2. The van der Waals surface area contributed by atoms with Crippen molar-refractivity contribution in [2.24, 2.45) is 0 Å². The maximum Gasteiger partial charge on any atom is 0.195 e. The molecule has 1 atom stereocenters. The molecule has 110 valence electrons. The molecular formula is C17H13BrN2OS. The van der Waals surface area contributed by atoms with Crippen molar-refractivity contribution in [3.05, 3.63) is 70.3 Å². The Morgan fingerprint density at radius 2 is 1.77 bits per heavy atom. The van der Waals surface area contributed by atoms with E-state index in [0.29, 0.717) is 0 Å². The van der Waals surface area contributed by atoms with Crippen molar-refractivity contribution in [1.29, 1.82) is 0 Å². The molecule has 0 bridgehead atoms. The molecule has 0 saturated heterocycles. The largest absolute Gasteiger partial charge is 0.494 e. The van der Waals surface area contributed by atoms with E-state index >= 15 is 0 Å². The van der Waals surface area contributed by atoms with Crippen LogP contribution in [0, 0.1) is 0 Å². The number of hydrogen-bond acceptors (Lipinski definition) is 3. The number of anilines is 1. The smallest absolute Gasteiger partial charge is 0.195 e. The second-order valence-electron chi connectivity index (χ2n) is 5.14. The van der Waals surface area contributed by atoms with Crippen molar-refractivity contribution >= 4 is 33.4 Å². The summed E-state index contributed by atoms with van der Waals surface area (Å²) in [5.74, 6) is 0.218. The Morgan fingerprint density at radius 3 is 2.59 bits per heavy atom. The van der Waals surface area contributed by atoms with Crippen LogP contribution in [0.3, 0.4) is 0 Å². The number of nitrogens with one attached hydrogen (secondary N) is 2. The lowest BCUT2D eigenvalue weighted by molar-refractivity contribution is 0.448. The molecule has 3 nitrogen and oxygen atoms in total. The monoisotopic (exact) mass is 372 g/mol. The minimum Gasteiger partial charge on any atom is -0.494 e. The number of aromatic amines is 1. The molecule has 3 aromatic rings. The number of H-pyrrole nitrogens is 1. The number of rotatable bonds is 1. The highest BCUT2D eigenvalue weighted by molar-refractivity contribution is 9.10. The average molecular weight is 373 g/mol. The van der Waals surface area contributed by atoms with Crippen LogP contribution in [0.2, 0.25) is 0 Å². The number of halogens is 1. The number of benzene rings is 2. The van der Waals surface area contributed by atoms with Gasteiger partial charge in [0.05, 0.1) is 11.6 Å². The Morgan fingerprint density at radius 1 is 1.00 bits per heavy atom. The lowest BCUT2D eigenvalue weighted by Gasteiger charge is -2.19. The van der Waals surface area contributed by atoms with E-state index < -0.39 is 0 Å². The molecule has 0 spiro atoms. The summed E-state index contributed by atoms with van der Waals surface area (Å²) in [6.07, 6.45) is 1.87. The SMILES string of the molecule is Oc1[nH]cc2c1C(c1ccc(Br)cc1)Nc1ccccc1S2. The summed E-state index contributed by atoms with van der Waals surface area (Å²) in [7, 11) is 0. The van der Waals surface area contributed by atoms with Crippen LogP contribution in [-0.2, 0) is 0 Å². The zero-order valence-corrected chi connectivity index (χ0v) is 13.9. The van der Waals surface area contributed by atoms with Gasteiger partial charge in [-0.05, 0) is 29.8 Å². The highest BCUT2D eigenvalue weighted by Gasteiger charge is 2.27. The van der Waals surface area contributed by atoms with Gasteiger partial charge in [0.2, 0.25) is 0 Å². The minimum atomic E-state index is -0.0921. The van der Waals surface area contributed by atoms with Crippen molar-refractivity contribution in [2.45, 2.75) is 15.8 Å². The topological polar surface area (TPSA) is 48.0 Å². The van der Waals surface area contributed by atoms with E-state index in [0.717, 1.165) is 31.1 Å². The zero-order chi connectivity index (χ0) is 15.1. The fraction of sp³-hybridized carbons (Fsp3) is 0.0588. The highest BCUT2D eigenvalue weighted by atomic mass is 79.9. The summed E-state index contributed by atoms with van der Waals surface area (Å²) in [5.41, 5.74) is 3.08. The first-order valence-electron chi connectivity index (χ1n) is 6.91. The molecular weight excluding hydrogens is 360 g/mol. The summed E-state index contributed by atoms with van der Waals surface area (Å²) in [5, 5.41) is 13.8. The van der Waals surface area contributed by atoms with E-state index in [2.05, 4.69) is 50.5 Å². The minimum absolute atomic E-state index is 0.0921. The third-order valence-electron chi connectivity index (χ3n) is 3.76. The number of aromatic nitrogens is 1. The molecule has 0 fully saturated rings. The fourth-order valence-corrected chi connectivity index (χ4v) is 4.02. The third kappa shape index (κ3) is 2.30. The van der Waals surface area contributed by atoms with Crippen LogP contribution in [-0.4, -0.2) is 10.1 Å². The van der Waals surface area contributed by atoms with E-state index in [9.17, 15) is 5.11 Å². The normalized spacial score (nSPS) is 16.3. The van der Waals surface area contributed by atoms with Crippen molar-refractivity contribution in [3.63, 3.8) is 0 Å². The van der Waals surface area contributed by atoms with Gasteiger partial charge in [0.1, 0.15) is 0 Å². The van der Waals surface area contributed by atoms with Gasteiger partial charge in [-0.25, -0.2) is 0 Å². The maximum absolute atomic E-state index is 10.3. The molecule has 1 aromatic heterocycles. The first-order chi connectivity index (χ1) is 10.7. The van der Waals surface area contributed by atoms with Gasteiger partial charge in [-0.15, -0.1) is 0 Å². The highest BCUT2D eigenvalue weighted by Crippen LogP contribution is 2.47. The number of aromatic hydroxyl groups is 1. The van der Waals surface area contributed by atoms with Gasteiger partial charge in [-0.3, -0.25) is 0 Å². The standard InChI is InChI=1S/C17H13BrN2OS/c18-11-7-5-10(6-8-11)16-15-14(9-19-17(15)21)22-13-4-2-1-3-12(13)20-16/h1-9,16,19-21H. The van der Waals surface area contributed by atoms with Crippen LogP contribution in [0.5, 0.6) is 5.88 Å². The fourth-order valence-electron chi connectivity index (χ4n) is 2.70. The molecule has 1 aliphatic rings. The predicted molar refractivity (Wildman–Crippen MR) is 92.6 cm³/mol. The predicted octanol–water partition coefficient (Wildman–Crippen LogP) is 5.15. The molecule has 4 rings (SSSR count). The molecule has 2 heterocycles. The summed E-state index contributed by atoms with van der Waals surface area (Å²) in [6, 6.07) is 16.3. The Labute approximate surface area is 140 Å². The second kappa shape index (κ2) is 5.41. The molecule has 0 aliphatic carbocycles. The molecule has 3 N–H and O–H groups in total. The van der Waals surface area contributed by atoms with Crippen LogP contribution < -0.4 is 5.32 Å². The first kappa shape index (κ1) is 13.8. The van der Waals surface area contributed by atoms with E-state index in [-0.39, 0.29) is 11.9 Å². The Kier molecular flexibility index (Phi) is 3.39. The van der Waals surface area contributed by atoms with Crippen molar-refractivity contribution in [2.75, 3.05) is 5.32 Å². The van der Waals surface area contributed by atoms with E-state index in [4.69, 9.17) is 0 Å². The molecule has 0 saturated carbocycles. The molecule has 5 heteroatoms. The van der Waals surface area contributed by atoms with Gasteiger partial charge in [0.15, 0.2) is 5.88 Å². The Hall–Kier alpha value is -1.85. The summed E-state index contributed by atoms with van der Waals surface area (Å²) in [4.78, 5) is 5.13. The third-order valence-corrected chi connectivity index (χ3v) is 5.42. The lowest BCUT2D eigenvalue weighted by Crippen LogP contribution is -2.11. The van der Waals surface area contributed by atoms with Gasteiger partial charge in [0.25, 0.3) is 0 Å². The van der Waals surface area contributed by atoms with E-state index in [1.54, 1.807) is 11.8 Å². The summed E-state index contributed by atoms with van der Waals surface area (Å²) >= 11 is 5.13. The van der Waals surface area contributed by atoms with Crippen molar-refractivity contribution in [1.82, 2.24) is 4.98 Å². The summed E-state index contributed by atoms with van der Waals surface area (Å²) in [6.45, 7) is 0. The van der Waals surface area contributed by atoms with Crippen LogP contribution in [0.1, 0.15) is 17.2 Å². The second-order valence-corrected chi connectivity index (χ2v) is 7.14. The Balaban J connectivity index is 1.89. The first-order valence-corrected chi connectivity index (χ1v) is 8.52. The van der Waals surface area contributed by atoms with Gasteiger partial charge >= 0.3 is 0 Å². The zero-order valence-electron chi connectivity index (χ0n) is 11.5. The maximum atomic E-state index is 10.3. The van der Waals surface area contributed by atoms with Gasteiger partial charge in [-0.2, -0.15) is 0 Å². The van der Waals surface area contributed by atoms with E-state index in [1.165, 1.54) is 0 Å². The van der Waals surface area contributed by atoms with Gasteiger partial charge < -0.3 is 15.4 Å². The van der Waals surface area contributed by atoms with Crippen molar-refractivity contribution < 1.29 is 5.11 Å². The quantitative estimate of drug-likeness (QED) is 0.553. The molecule has 1 aliphatic heterocycles. The van der Waals surface area contributed by atoms with Gasteiger partial charge in [-0.1, -0.05) is 52.0 Å². The number of hydrogen-bond donors (Lipinski definition) is 3. The Bertz CT molecular complexity index is 829. The lowest BCUT2D eigenvalue weighted by atomic mass is 10.0. The molecule has 22 heavy (non-hydrogen) atoms. The number of para-hydroxylation sites is 1. The summed E-state index contributed by atoms with van der Waals surface area (Å²) < 4.78 is 1.04. The van der Waals surface area contributed by atoms with Crippen LogP contribution in [0.25, 0.3) is 0 Å². The van der Waals surface area contributed by atoms with Crippen LogP contribution in [0.15, 0.2) is 69.0 Å². The molecule has 2 aromatic carbocycles. The van der Waals surface area contributed by atoms with Gasteiger partial charge in [0, 0.05) is 26.1 Å². The molecule has 0 amide bonds. The van der Waals surface area contributed by atoms with Crippen LogP contribution in [0.4, 0.5) is 5.69 Å². The molecule has 0 radical (unpaired) electrons. The molecule has 1 unspecified atom stereocenters. The van der Waals surface area contributed by atoms with Crippen LogP contribution >= 0.6 is 27.7 Å². The van der Waals surface area contributed by atoms with Crippen molar-refractivity contribution in [3.8, 4) is 5.88 Å². The average Bonchev–Trinajstić information content (AvgIpc) is 2.79. The van der Waals surface area contributed by atoms with E-state index in [1.807, 2.05) is 30.5 Å².